The SMILES string of the molecule is [AlH3].[Ce].[Fe].[La].[Ni]. The zero-order valence-electron chi connectivity index (χ0n) is 1.75. The van der Waals surface area contributed by atoms with Crippen molar-refractivity contribution in [2.75, 3.05) is 0 Å². The molecule has 0 aliphatic rings. The summed E-state index contributed by atoms with van der Waals surface area (Å²) in [5, 5.41) is 0. The Morgan fingerprint density at radius 3 is 1.00 bits per heavy atom. The molecule has 0 aliphatic heterocycles. The van der Waals surface area contributed by atoms with E-state index in [2.05, 4.69) is 0 Å². The van der Waals surface area contributed by atoms with Gasteiger partial charge in [-0.2, -0.15) is 0 Å². The molecule has 0 saturated heterocycles. The molecular formula is H3AlCeFeLaNi. The van der Waals surface area contributed by atoms with Crippen LogP contribution < -0.4 is 0 Å². The summed E-state index contributed by atoms with van der Waals surface area (Å²) in [6.45, 7) is 0. The molecule has 0 N–H and O–H groups in total. The predicted molar refractivity (Wildman–Crippen MR) is 9.94 cm³/mol. The van der Waals surface area contributed by atoms with Crippen LogP contribution >= 0.6 is 0 Å². The van der Waals surface area contributed by atoms with E-state index in [-0.39, 0.29) is 128 Å². The molecule has 0 amide bonds. The van der Waals surface area contributed by atoms with Gasteiger partial charge in [0.1, 0.15) is 0 Å². The van der Waals surface area contributed by atoms with Crippen molar-refractivity contribution in [1.82, 2.24) is 0 Å². The first-order valence-electron chi connectivity index (χ1n) is 0. The van der Waals surface area contributed by atoms with Crippen LogP contribution in [-0.2, 0) is 33.6 Å². The Morgan fingerprint density at radius 1 is 1.00 bits per heavy atom. The largest absolute Gasteiger partial charge is 0.187 e. The Hall–Kier alpha value is 4.12. The van der Waals surface area contributed by atoms with Gasteiger partial charge in [0.05, 0.1) is 0 Å². The van der Waals surface area contributed by atoms with Gasteiger partial charge in [0, 0.05) is 111 Å². The molecule has 5 heavy (non-hydrogen) atoms. The van der Waals surface area contributed by atoms with Gasteiger partial charge in [-0.3, -0.25) is 0 Å². The van der Waals surface area contributed by atoms with Crippen molar-refractivity contribution < 1.29 is 111 Å². The summed E-state index contributed by atoms with van der Waals surface area (Å²) in [5.74, 6) is 0. The topological polar surface area (TPSA) is 0 Å². The van der Waals surface area contributed by atoms with Crippen molar-refractivity contribution in [3.05, 3.63) is 0 Å². The molecule has 5 heteroatoms. The summed E-state index contributed by atoms with van der Waals surface area (Å²) in [6, 6.07) is 0. The van der Waals surface area contributed by atoms with Crippen LogP contribution in [-0.4, -0.2) is 17.4 Å². The summed E-state index contributed by atoms with van der Waals surface area (Å²) >= 11 is 0. The van der Waals surface area contributed by atoms with Gasteiger partial charge in [0.25, 0.3) is 0 Å². The first-order chi connectivity index (χ1) is 0. The zero-order valence-corrected chi connectivity index (χ0v) is 10.6. The third kappa shape index (κ3) is 17.9. The molecule has 1 radical (unpaired) electrons. The second kappa shape index (κ2) is 24.3. The summed E-state index contributed by atoms with van der Waals surface area (Å²) < 4.78 is 0. The van der Waals surface area contributed by atoms with Crippen LogP contribution in [0.1, 0.15) is 0 Å². The fourth-order valence-corrected chi connectivity index (χ4v) is 0. The van der Waals surface area contributed by atoms with Crippen molar-refractivity contribution in [2.45, 2.75) is 0 Å². The first-order valence-corrected chi connectivity index (χ1v) is 0. The van der Waals surface area contributed by atoms with Crippen molar-refractivity contribution in [3.8, 4) is 0 Å². The molecule has 0 aromatic carbocycles. The predicted octanol–water partition coefficient (Wildman–Crippen LogP) is -1.19. The van der Waals surface area contributed by atoms with E-state index in [1.807, 2.05) is 0 Å². The van der Waals surface area contributed by atoms with E-state index in [1.165, 1.54) is 0 Å². The molecule has 0 heterocycles. The van der Waals surface area contributed by atoms with Crippen LogP contribution in [0, 0.1) is 77.3 Å². The molecule has 0 bridgehead atoms. The average Bonchev–Trinajstić information content (AvgIpc) is 0. The fraction of sp³-hybridized carbons (Fsp3) is 0. The zero-order chi connectivity index (χ0) is 0. The molecule has 0 nitrogen and oxygen atoms in total. The molecule has 0 fully saturated rings. The van der Waals surface area contributed by atoms with E-state index in [4.69, 9.17) is 0 Å². The molecule has 0 aliphatic carbocycles. The Bertz CT molecular complexity index is 11.6. The second-order valence-corrected chi connectivity index (χ2v) is 0. The van der Waals surface area contributed by atoms with Crippen LogP contribution in [0.15, 0.2) is 0 Å². The van der Waals surface area contributed by atoms with Crippen LogP contribution in [0.2, 0.25) is 0 Å². The van der Waals surface area contributed by atoms with Crippen LogP contribution in [0.4, 0.5) is 0 Å². The third-order valence-corrected chi connectivity index (χ3v) is 0. The number of rotatable bonds is 0. The van der Waals surface area contributed by atoms with E-state index in [9.17, 15) is 0 Å². The van der Waals surface area contributed by atoms with Gasteiger partial charge in [0.2, 0.25) is 0 Å². The number of hydrogen-bond donors (Lipinski definition) is 0. The molecule has 0 aromatic rings. The Labute approximate surface area is 125 Å². The fourth-order valence-electron chi connectivity index (χ4n) is 0. The quantitative estimate of drug-likeness (QED) is 0.430. The summed E-state index contributed by atoms with van der Waals surface area (Å²) in [6.07, 6.45) is 0. The van der Waals surface area contributed by atoms with Crippen LogP contribution in [0.3, 0.4) is 0 Å². The van der Waals surface area contributed by atoms with E-state index >= 15 is 0 Å². The molecule has 0 unspecified atom stereocenters. The standard InChI is InChI=1S/Al.Ce.Fe.La.Ni.3H. The smallest absolute Gasteiger partial charge is 0 e. The van der Waals surface area contributed by atoms with Crippen molar-refractivity contribution in [1.29, 1.82) is 0 Å². The molecule has 0 saturated carbocycles. The van der Waals surface area contributed by atoms with E-state index in [1.54, 1.807) is 0 Å². The minimum Gasteiger partial charge on any atom is 0 e. The normalized spacial score (nSPS) is 0. The minimum atomic E-state index is 0. The first kappa shape index (κ1) is 35.4. The van der Waals surface area contributed by atoms with Crippen molar-refractivity contribution >= 4 is 17.4 Å². The maximum atomic E-state index is 0. The third-order valence-electron chi connectivity index (χ3n) is 0. The van der Waals surface area contributed by atoms with Gasteiger partial charge in [-0.15, -0.1) is 0 Å². The second-order valence-electron chi connectivity index (χ2n) is 0. The van der Waals surface area contributed by atoms with Gasteiger partial charge in [-0.05, 0) is 0 Å². The Kier molecular flexibility index (Phi) is 172. The molecule has 31 valence electrons. The Morgan fingerprint density at radius 2 is 1.00 bits per heavy atom. The van der Waals surface area contributed by atoms with Crippen LogP contribution in [0.5, 0.6) is 0 Å². The molecule has 0 spiro atoms. The van der Waals surface area contributed by atoms with Gasteiger partial charge < -0.3 is 0 Å². The van der Waals surface area contributed by atoms with E-state index in [0.29, 0.717) is 0 Å². The molecule has 0 rings (SSSR count). The van der Waals surface area contributed by atoms with Gasteiger partial charge in [-0.1, -0.05) is 0 Å². The van der Waals surface area contributed by atoms with Gasteiger partial charge in [0.15, 0.2) is 17.4 Å². The maximum absolute atomic E-state index is 0. The molecular weight excluding hydrogens is 421 g/mol. The molecule has 0 atom stereocenters. The summed E-state index contributed by atoms with van der Waals surface area (Å²) in [4.78, 5) is 0. The van der Waals surface area contributed by atoms with Crippen molar-refractivity contribution in [3.63, 3.8) is 0 Å². The van der Waals surface area contributed by atoms with Crippen LogP contribution in [0.25, 0.3) is 0 Å². The molecule has 0 aromatic heterocycles. The average molecular weight is 424 g/mol. The van der Waals surface area contributed by atoms with E-state index < -0.39 is 0 Å². The monoisotopic (exact) mass is 423 g/mol. The Balaban J connectivity index is 0. The van der Waals surface area contributed by atoms with Gasteiger partial charge >= 0.3 is 0 Å². The summed E-state index contributed by atoms with van der Waals surface area (Å²) in [7, 11) is 0. The maximum Gasteiger partial charge on any atom is 0.187 e. The summed E-state index contributed by atoms with van der Waals surface area (Å²) in [5.41, 5.74) is 0. The van der Waals surface area contributed by atoms with Crippen molar-refractivity contribution in [2.24, 2.45) is 0 Å². The van der Waals surface area contributed by atoms with Gasteiger partial charge in [-0.25, -0.2) is 0 Å². The minimum absolute atomic E-state index is 0. The number of hydrogen-bond acceptors (Lipinski definition) is 0. The van der Waals surface area contributed by atoms with E-state index in [0.717, 1.165) is 0 Å².